The second-order valence-electron chi connectivity index (χ2n) is 8.24. The predicted molar refractivity (Wildman–Crippen MR) is 121 cm³/mol. The van der Waals surface area contributed by atoms with E-state index in [4.69, 9.17) is 11.6 Å². The molecule has 0 aliphatic heterocycles. The molecule has 30 heavy (non-hydrogen) atoms. The first-order valence-electron chi connectivity index (χ1n) is 10.8. The molecule has 0 heterocycles. The molecule has 0 saturated heterocycles. The molecule has 2 amide bonds. The lowest BCUT2D eigenvalue weighted by atomic mass is 9.94. The smallest absolute Gasteiger partial charge is 0.247 e. The molecule has 3 rings (SSSR count). The Labute approximate surface area is 184 Å². The van der Waals surface area contributed by atoms with E-state index >= 15 is 0 Å². The van der Waals surface area contributed by atoms with E-state index in [2.05, 4.69) is 5.32 Å². The second-order valence-corrected chi connectivity index (χ2v) is 8.51. The molecule has 0 aromatic heterocycles. The van der Waals surface area contributed by atoms with Crippen molar-refractivity contribution >= 4 is 23.4 Å². The quantitative estimate of drug-likeness (QED) is 0.629. The number of aryl methyl sites for hydroxylation is 2. The number of hydrogen-bond acceptors (Lipinski definition) is 2. The highest BCUT2D eigenvalue weighted by atomic mass is 35.5. The highest BCUT2D eigenvalue weighted by Gasteiger charge is 2.33. The fourth-order valence-electron chi connectivity index (χ4n) is 4.16. The van der Waals surface area contributed by atoms with E-state index in [1.807, 2.05) is 62.4 Å². The van der Waals surface area contributed by atoms with Crippen LogP contribution in [0.2, 0.25) is 0 Å². The number of rotatable bonds is 7. The Morgan fingerprint density at radius 2 is 1.70 bits per heavy atom. The first-order chi connectivity index (χ1) is 14.5. The molecule has 2 aromatic rings. The van der Waals surface area contributed by atoms with Crippen LogP contribution < -0.4 is 5.32 Å². The molecular weight excluding hydrogens is 396 g/mol. The molecule has 0 bridgehead atoms. The van der Waals surface area contributed by atoms with Crippen LogP contribution in [0, 0.1) is 13.8 Å². The Balaban J connectivity index is 1.95. The summed E-state index contributed by atoms with van der Waals surface area (Å²) in [6.45, 7) is 4.34. The summed E-state index contributed by atoms with van der Waals surface area (Å²) in [6, 6.07) is 15.3. The van der Waals surface area contributed by atoms with E-state index < -0.39 is 6.04 Å². The summed E-state index contributed by atoms with van der Waals surface area (Å²) in [5.74, 6) is -0.531. The van der Waals surface area contributed by atoms with Crippen molar-refractivity contribution in [3.05, 3.63) is 70.8 Å². The lowest BCUT2D eigenvalue weighted by Gasteiger charge is -2.34. The van der Waals surface area contributed by atoms with Gasteiger partial charge < -0.3 is 10.2 Å². The van der Waals surface area contributed by atoms with Crippen molar-refractivity contribution in [3.63, 3.8) is 0 Å². The zero-order valence-corrected chi connectivity index (χ0v) is 18.6. The molecule has 5 heteroatoms. The summed E-state index contributed by atoms with van der Waals surface area (Å²) in [7, 11) is 0. The zero-order valence-electron chi connectivity index (χ0n) is 17.9. The van der Waals surface area contributed by atoms with Gasteiger partial charge in [0.1, 0.15) is 11.9 Å². The number of hydrogen-bond donors (Lipinski definition) is 1. The summed E-state index contributed by atoms with van der Waals surface area (Å²) in [5.41, 5.74) is 3.96. The van der Waals surface area contributed by atoms with Gasteiger partial charge in [0, 0.05) is 12.6 Å². The van der Waals surface area contributed by atoms with Gasteiger partial charge in [-0.05, 0) is 43.4 Å². The first kappa shape index (κ1) is 22.4. The highest BCUT2D eigenvalue weighted by Crippen LogP contribution is 2.28. The Morgan fingerprint density at radius 3 is 2.33 bits per heavy atom. The average Bonchev–Trinajstić information content (AvgIpc) is 2.76. The number of carbonyl (C=O) groups excluding carboxylic acids is 2. The molecule has 2 aromatic carbocycles. The topological polar surface area (TPSA) is 49.4 Å². The van der Waals surface area contributed by atoms with Crippen LogP contribution in [0.5, 0.6) is 0 Å². The van der Waals surface area contributed by atoms with Gasteiger partial charge in [0.25, 0.3) is 0 Å². The van der Waals surface area contributed by atoms with Crippen molar-refractivity contribution in [1.29, 1.82) is 0 Å². The van der Waals surface area contributed by atoms with E-state index in [-0.39, 0.29) is 23.7 Å². The van der Waals surface area contributed by atoms with Gasteiger partial charge in [-0.3, -0.25) is 9.59 Å². The fraction of sp³-hybridized carbons (Fsp3) is 0.440. The first-order valence-corrected chi connectivity index (χ1v) is 11.3. The molecule has 4 nitrogen and oxygen atoms in total. The molecule has 0 unspecified atom stereocenters. The molecule has 0 spiro atoms. The lowest BCUT2D eigenvalue weighted by Crippen LogP contribution is -2.47. The zero-order chi connectivity index (χ0) is 21.5. The number of halogens is 1. The maximum Gasteiger partial charge on any atom is 0.247 e. The van der Waals surface area contributed by atoms with Gasteiger partial charge in [0.2, 0.25) is 11.8 Å². The maximum atomic E-state index is 13.5. The molecule has 1 aliphatic rings. The Morgan fingerprint density at radius 1 is 1.03 bits per heavy atom. The van der Waals surface area contributed by atoms with Crippen LogP contribution in [-0.2, 0) is 16.1 Å². The number of alkyl halides is 1. The summed E-state index contributed by atoms with van der Waals surface area (Å²) < 4.78 is 0. The number of carbonyl (C=O) groups is 2. The number of amides is 2. The number of nitrogens with one attached hydrogen (secondary N) is 1. The molecule has 1 N–H and O–H groups in total. The number of nitrogens with zero attached hydrogens (tertiary/aromatic N) is 1. The fourth-order valence-corrected chi connectivity index (χ4v) is 4.32. The minimum absolute atomic E-state index is 0.123. The van der Waals surface area contributed by atoms with E-state index in [0.29, 0.717) is 6.54 Å². The van der Waals surface area contributed by atoms with Crippen LogP contribution in [0.3, 0.4) is 0 Å². The number of benzene rings is 2. The highest BCUT2D eigenvalue weighted by molar-refractivity contribution is 6.27. The molecule has 1 aliphatic carbocycles. The van der Waals surface area contributed by atoms with Crippen LogP contribution >= 0.6 is 11.6 Å². The maximum absolute atomic E-state index is 13.5. The monoisotopic (exact) mass is 426 g/mol. The lowest BCUT2D eigenvalue weighted by molar-refractivity contribution is -0.140. The summed E-state index contributed by atoms with van der Waals surface area (Å²) in [5, 5.41) is 3.22. The van der Waals surface area contributed by atoms with Crippen molar-refractivity contribution in [1.82, 2.24) is 10.2 Å². The average molecular weight is 427 g/mol. The van der Waals surface area contributed by atoms with Crippen LogP contribution in [0.1, 0.15) is 60.4 Å². The van der Waals surface area contributed by atoms with Crippen molar-refractivity contribution in [3.8, 4) is 0 Å². The van der Waals surface area contributed by atoms with E-state index in [9.17, 15) is 9.59 Å². The summed E-state index contributed by atoms with van der Waals surface area (Å²) in [6.07, 6.45) is 5.47. The van der Waals surface area contributed by atoms with Gasteiger partial charge in [-0.2, -0.15) is 0 Å². The van der Waals surface area contributed by atoms with Gasteiger partial charge in [-0.1, -0.05) is 73.4 Å². The largest absolute Gasteiger partial charge is 0.351 e. The third kappa shape index (κ3) is 5.63. The van der Waals surface area contributed by atoms with Gasteiger partial charge in [-0.25, -0.2) is 0 Å². The van der Waals surface area contributed by atoms with Gasteiger partial charge in [0.05, 0.1) is 0 Å². The molecule has 1 saturated carbocycles. The van der Waals surface area contributed by atoms with E-state index in [0.717, 1.165) is 47.9 Å². The predicted octanol–water partition coefficient (Wildman–Crippen LogP) is 5.06. The van der Waals surface area contributed by atoms with Crippen molar-refractivity contribution in [2.45, 2.75) is 64.6 Å². The molecule has 1 fully saturated rings. The molecule has 1 atom stereocenters. The van der Waals surface area contributed by atoms with E-state index in [1.165, 1.54) is 6.42 Å². The van der Waals surface area contributed by atoms with Gasteiger partial charge >= 0.3 is 0 Å². The van der Waals surface area contributed by atoms with Crippen LogP contribution in [0.4, 0.5) is 0 Å². The van der Waals surface area contributed by atoms with Crippen LogP contribution in [0.25, 0.3) is 0 Å². The Kier molecular flexibility index (Phi) is 7.92. The van der Waals surface area contributed by atoms with Crippen LogP contribution in [-0.4, -0.2) is 28.6 Å². The normalized spacial score (nSPS) is 15.4. The van der Waals surface area contributed by atoms with Crippen molar-refractivity contribution < 1.29 is 9.59 Å². The second kappa shape index (κ2) is 10.6. The van der Waals surface area contributed by atoms with Gasteiger partial charge in [0.15, 0.2) is 0 Å². The van der Waals surface area contributed by atoms with Crippen LogP contribution in [0.15, 0.2) is 48.5 Å². The molecular formula is C25H31ClN2O2. The molecule has 160 valence electrons. The van der Waals surface area contributed by atoms with Crippen molar-refractivity contribution in [2.75, 3.05) is 5.88 Å². The Bertz CT molecular complexity index is 860. The third-order valence-electron chi connectivity index (χ3n) is 5.90. The summed E-state index contributed by atoms with van der Waals surface area (Å²) in [4.78, 5) is 28.1. The third-order valence-corrected chi connectivity index (χ3v) is 6.13. The minimum atomic E-state index is -0.708. The SMILES string of the molecule is Cc1ccc(CN(C(=O)CCl)[C@H](C(=O)NC2CCCCC2)c2ccccc2C)cc1. The van der Waals surface area contributed by atoms with E-state index in [1.54, 1.807) is 4.90 Å². The Hall–Kier alpha value is -2.33. The molecule has 0 radical (unpaired) electrons. The minimum Gasteiger partial charge on any atom is -0.351 e. The standard InChI is InChI=1S/C25H31ClN2O2/c1-18-12-14-20(15-13-18)17-28(23(29)16-26)24(22-11-7-6-8-19(22)2)25(30)27-21-9-4-3-5-10-21/h6-8,11-15,21,24H,3-5,9-10,16-17H2,1-2H3,(H,27,30)/t24-/m0/s1. The summed E-state index contributed by atoms with van der Waals surface area (Å²) >= 11 is 5.98. The van der Waals surface area contributed by atoms with Crippen molar-refractivity contribution in [2.24, 2.45) is 0 Å². The van der Waals surface area contributed by atoms with Gasteiger partial charge in [-0.15, -0.1) is 11.6 Å².